The van der Waals surface area contributed by atoms with Gasteiger partial charge in [0.15, 0.2) is 0 Å². The summed E-state index contributed by atoms with van der Waals surface area (Å²) < 4.78 is 1.61. The van der Waals surface area contributed by atoms with Crippen LogP contribution in [0.25, 0.3) is 0 Å². The Balaban J connectivity index is 2.87. The molecule has 12 heavy (non-hydrogen) atoms. The molecule has 0 aliphatic heterocycles. The van der Waals surface area contributed by atoms with E-state index in [9.17, 15) is 4.79 Å². The summed E-state index contributed by atoms with van der Waals surface area (Å²) in [6.45, 7) is 0.223. The molecule has 66 valence electrons. The van der Waals surface area contributed by atoms with Gasteiger partial charge in [-0.2, -0.15) is 5.10 Å². The maximum absolute atomic E-state index is 10.8. The summed E-state index contributed by atoms with van der Waals surface area (Å²) in [4.78, 5) is 10.8. The number of nitrogens with two attached hydrogens (primary N) is 2. The molecule has 0 fully saturated rings. The lowest BCUT2D eigenvalue weighted by molar-refractivity contribution is -0.119. The molecule has 0 saturated heterocycles. The van der Waals surface area contributed by atoms with Crippen LogP contribution in [0.4, 0.5) is 0 Å². The van der Waals surface area contributed by atoms with Crippen molar-refractivity contribution in [2.45, 2.75) is 5.92 Å². The molecule has 0 aliphatic rings. The zero-order chi connectivity index (χ0) is 9.14. The Hall–Kier alpha value is -1.36. The van der Waals surface area contributed by atoms with Crippen molar-refractivity contribution in [3.8, 4) is 0 Å². The summed E-state index contributed by atoms with van der Waals surface area (Å²) in [5.74, 6) is -0.829. The lowest BCUT2D eigenvalue weighted by Gasteiger charge is -2.06. The van der Waals surface area contributed by atoms with Gasteiger partial charge in [-0.05, 0) is 0 Å². The first-order valence-corrected chi connectivity index (χ1v) is 3.63. The molecule has 1 rings (SSSR count). The molecular formula is C7H12N4O. The molecule has 0 spiro atoms. The van der Waals surface area contributed by atoms with Crippen LogP contribution >= 0.6 is 0 Å². The fourth-order valence-corrected chi connectivity index (χ4v) is 1.04. The lowest BCUT2D eigenvalue weighted by Crippen LogP contribution is -2.27. The van der Waals surface area contributed by atoms with Gasteiger partial charge in [0, 0.05) is 25.4 Å². The quantitative estimate of drug-likeness (QED) is 0.603. The van der Waals surface area contributed by atoms with Crippen LogP contribution in [-0.2, 0) is 11.8 Å². The third-order valence-corrected chi connectivity index (χ3v) is 1.71. The van der Waals surface area contributed by atoms with Crippen molar-refractivity contribution >= 4 is 5.91 Å². The standard InChI is InChI=1S/C7H12N4O/c1-11-4-5(3-10-11)6(2-8)7(9)12/h3-4,6H,2,8H2,1H3,(H2,9,12). The predicted octanol–water partition coefficient (Wildman–Crippen LogP) is -1.05. The van der Waals surface area contributed by atoms with Gasteiger partial charge in [0.1, 0.15) is 0 Å². The van der Waals surface area contributed by atoms with Gasteiger partial charge < -0.3 is 11.5 Å². The molecule has 0 bridgehead atoms. The van der Waals surface area contributed by atoms with Crippen LogP contribution in [0, 0.1) is 0 Å². The predicted molar refractivity (Wildman–Crippen MR) is 44.2 cm³/mol. The Morgan fingerprint density at radius 1 is 1.83 bits per heavy atom. The summed E-state index contributed by atoms with van der Waals surface area (Å²) in [6.07, 6.45) is 3.34. The minimum atomic E-state index is -0.418. The van der Waals surface area contributed by atoms with Gasteiger partial charge in [-0.15, -0.1) is 0 Å². The number of aryl methyl sites for hydroxylation is 1. The van der Waals surface area contributed by atoms with E-state index in [1.807, 2.05) is 0 Å². The largest absolute Gasteiger partial charge is 0.369 e. The highest BCUT2D eigenvalue weighted by Gasteiger charge is 2.16. The van der Waals surface area contributed by atoms with Crippen LogP contribution < -0.4 is 11.5 Å². The highest BCUT2D eigenvalue weighted by Crippen LogP contribution is 2.11. The third-order valence-electron chi connectivity index (χ3n) is 1.71. The minimum absolute atomic E-state index is 0.223. The topological polar surface area (TPSA) is 86.9 Å². The molecule has 0 aromatic carbocycles. The number of rotatable bonds is 3. The fourth-order valence-electron chi connectivity index (χ4n) is 1.04. The van der Waals surface area contributed by atoms with Crippen LogP contribution in [0.3, 0.4) is 0 Å². The molecule has 4 N–H and O–H groups in total. The number of carbonyl (C=O) groups is 1. The number of carbonyl (C=O) groups excluding carboxylic acids is 1. The smallest absolute Gasteiger partial charge is 0.226 e. The van der Waals surface area contributed by atoms with Gasteiger partial charge in [-0.25, -0.2) is 0 Å². The number of hydrogen-bond acceptors (Lipinski definition) is 3. The lowest BCUT2D eigenvalue weighted by atomic mass is 10.0. The Morgan fingerprint density at radius 2 is 2.50 bits per heavy atom. The zero-order valence-corrected chi connectivity index (χ0v) is 6.90. The second-order valence-corrected chi connectivity index (χ2v) is 2.64. The Labute approximate surface area is 70.3 Å². The van der Waals surface area contributed by atoms with E-state index < -0.39 is 11.8 Å². The van der Waals surface area contributed by atoms with Crippen molar-refractivity contribution in [1.82, 2.24) is 9.78 Å². The Kier molecular flexibility index (Phi) is 2.44. The van der Waals surface area contributed by atoms with Crippen LogP contribution in [0.2, 0.25) is 0 Å². The average molecular weight is 168 g/mol. The normalized spacial score (nSPS) is 12.8. The van der Waals surface area contributed by atoms with Gasteiger partial charge in [0.2, 0.25) is 5.91 Å². The van der Waals surface area contributed by atoms with Crippen LogP contribution in [-0.4, -0.2) is 22.2 Å². The molecular weight excluding hydrogens is 156 g/mol. The third kappa shape index (κ3) is 1.62. The number of amides is 1. The molecule has 0 aliphatic carbocycles. The molecule has 0 radical (unpaired) electrons. The van der Waals surface area contributed by atoms with Crippen LogP contribution in [0.1, 0.15) is 11.5 Å². The molecule has 1 amide bonds. The van der Waals surface area contributed by atoms with E-state index in [0.717, 1.165) is 5.56 Å². The summed E-state index contributed by atoms with van der Waals surface area (Å²) in [5.41, 5.74) is 11.3. The maximum atomic E-state index is 10.8. The fraction of sp³-hybridized carbons (Fsp3) is 0.429. The van der Waals surface area contributed by atoms with Crippen LogP contribution in [0.5, 0.6) is 0 Å². The monoisotopic (exact) mass is 168 g/mol. The van der Waals surface area contributed by atoms with Crippen molar-refractivity contribution in [1.29, 1.82) is 0 Å². The summed E-state index contributed by atoms with van der Waals surface area (Å²) in [6, 6.07) is 0. The first-order chi connectivity index (χ1) is 5.65. The van der Waals surface area contributed by atoms with Gasteiger partial charge >= 0.3 is 0 Å². The Morgan fingerprint density at radius 3 is 2.83 bits per heavy atom. The molecule has 1 aromatic rings. The van der Waals surface area contributed by atoms with Crippen LogP contribution in [0.15, 0.2) is 12.4 Å². The van der Waals surface area contributed by atoms with E-state index in [4.69, 9.17) is 11.5 Å². The first kappa shape index (κ1) is 8.73. The molecule has 1 unspecified atom stereocenters. The minimum Gasteiger partial charge on any atom is -0.369 e. The van der Waals surface area contributed by atoms with E-state index in [0.29, 0.717) is 0 Å². The first-order valence-electron chi connectivity index (χ1n) is 3.63. The van der Waals surface area contributed by atoms with Crippen molar-refractivity contribution in [3.63, 3.8) is 0 Å². The number of nitrogens with zero attached hydrogens (tertiary/aromatic N) is 2. The molecule has 1 aromatic heterocycles. The van der Waals surface area contributed by atoms with Gasteiger partial charge in [-0.3, -0.25) is 9.48 Å². The highest BCUT2D eigenvalue weighted by atomic mass is 16.1. The molecule has 5 nitrogen and oxygen atoms in total. The summed E-state index contributed by atoms with van der Waals surface area (Å²) >= 11 is 0. The van der Waals surface area contributed by atoms with E-state index in [-0.39, 0.29) is 6.54 Å². The second-order valence-electron chi connectivity index (χ2n) is 2.64. The molecule has 1 heterocycles. The van der Waals surface area contributed by atoms with E-state index in [1.54, 1.807) is 24.1 Å². The van der Waals surface area contributed by atoms with Gasteiger partial charge in [-0.1, -0.05) is 0 Å². The number of aromatic nitrogens is 2. The summed E-state index contributed by atoms with van der Waals surface area (Å²) in [7, 11) is 1.78. The van der Waals surface area contributed by atoms with E-state index in [1.165, 1.54) is 0 Å². The van der Waals surface area contributed by atoms with E-state index >= 15 is 0 Å². The SMILES string of the molecule is Cn1cc(C(CN)C(N)=O)cn1. The Bertz CT molecular complexity index is 281. The van der Waals surface area contributed by atoms with Crippen molar-refractivity contribution in [2.24, 2.45) is 18.5 Å². The second kappa shape index (κ2) is 3.36. The van der Waals surface area contributed by atoms with Crippen molar-refractivity contribution in [3.05, 3.63) is 18.0 Å². The summed E-state index contributed by atoms with van der Waals surface area (Å²) in [5, 5.41) is 3.92. The van der Waals surface area contributed by atoms with Crippen molar-refractivity contribution in [2.75, 3.05) is 6.54 Å². The number of hydrogen-bond donors (Lipinski definition) is 2. The van der Waals surface area contributed by atoms with Crippen molar-refractivity contribution < 1.29 is 4.79 Å². The molecule has 0 saturated carbocycles. The average Bonchev–Trinajstić information content (AvgIpc) is 2.37. The molecule has 1 atom stereocenters. The van der Waals surface area contributed by atoms with Gasteiger partial charge in [0.25, 0.3) is 0 Å². The maximum Gasteiger partial charge on any atom is 0.226 e. The zero-order valence-electron chi connectivity index (χ0n) is 6.90. The van der Waals surface area contributed by atoms with E-state index in [2.05, 4.69) is 5.10 Å². The number of primary amides is 1. The highest BCUT2D eigenvalue weighted by molar-refractivity contribution is 5.81. The van der Waals surface area contributed by atoms with Gasteiger partial charge in [0.05, 0.1) is 12.1 Å². The molecule has 5 heteroatoms.